The van der Waals surface area contributed by atoms with Crippen molar-refractivity contribution in [2.24, 2.45) is 0 Å². The zero-order valence-electron chi connectivity index (χ0n) is 11.5. The summed E-state index contributed by atoms with van der Waals surface area (Å²) in [4.78, 5) is 12.1. The Kier molecular flexibility index (Phi) is 4.24. The number of ether oxygens (including phenoxy) is 1. The first-order valence-electron chi connectivity index (χ1n) is 6.16. The number of nitrogen functional groups attached to an aromatic ring is 1. The Bertz CT molecular complexity index is 618. The largest absolute Gasteiger partial charge is 0.461 e. The third-order valence-electron chi connectivity index (χ3n) is 2.49. The van der Waals surface area contributed by atoms with Gasteiger partial charge >= 0.3 is 6.01 Å². The Morgan fingerprint density at radius 2 is 2.00 bits per heavy atom. The summed E-state index contributed by atoms with van der Waals surface area (Å²) in [6, 6.07) is 5.73. The minimum absolute atomic E-state index is 0.0439. The lowest BCUT2D eigenvalue weighted by atomic mass is 10.2. The number of benzene rings is 1. The molecule has 106 valence electrons. The van der Waals surface area contributed by atoms with Gasteiger partial charge in [-0.15, -0.1) is 0 Å². The molecule has 0 radical (unpaired) electrons. The van der Waals surface area contributed by atoms with Gasteiger partial charge in [-0.2, -0.15) is 15.0 Å². The highest BCUT2D eigenvalue weighted by atomic mass is 35.5. The molecule has 1 aromatic heterocycles. The fourth-order valence-electron chi connectivity index (χ4n) is 1.55. The van der Waals surface area contributed by atoms with Crippen molar-refractivity contribution in [3.63, 3.8) is 0 Å². The van der Waals surface area contributed by atoms with Crippen LogP contribution in [0.1, 0.15) is 19.4 Å². The van der Waals surface area contributed by atoms with Crippen LogP contribution in [-0.4, -0.2) is 21.1 Å². The van der Waals surface area contributed by atoms with E-state index in [1.807, 2.05) is 39.0 Å². The van der Waals surface area contributed by atoms with Crippen LogP contribution in [0.15, 0.2) is 18.2 Å². The van der Waals surface area contributed by atoms with Crippen LogP contribution in [0.3, 0.4) is 0 Å². The summed E-state index contributed by atoms with van der Waals surface area (Å²) in [5, 5.41) is 3.72. The molecule has 3 N–H and O–H groups in total. The van der Waals surface area contributed by atoms with Crippen molar-refractivity contribution in [2.75, 3.05) is 11.1 Å². The first-order chi connectivity index (χ1) is 9.45. The van der Waals surface area contributed by atoms with Gasteiger partial charge in [0.2, 0.25) is 11.9 Å². The first-order valence-corrected chi connectivity index (χ1v) is 6.54. The van der Waals surface area contributed by atoms with Crippen molar-refractivity contribution in [3.05, 3.63) is 28.8 Å². The number of hydrogen-bond acceptors (Lipinski definition) is 6. The van der Waals surface area contributed by atoms with E-state index in [1.54, 1.807) is 0 Å². The third kappa shape index (κ3) is 3.48. The van der Waals surface area contributed by atoms with Crippen molar-refractivity contribution in [2.45, 2.75) is 26.9 Å². The lowest BCUT2D eigenvalue weighted by molar-refractivity contribution is 0.222. The van der Waals surface area contributed by atoms with E-state index in [-0.39, 0.29) is 18.1 Å². The van der Waals surface area contributed by atoms with Gasteiger partial charge in [0, 0.05) is 10.7 Å². The third-order valence-corrected chi connectivity index (χ3v) is 2.90. The van der Waals surface area contributed by atoms with E-state index >= 15 is 0 Å². The summed E-state index contributed by atoms with van der Waals surface area (Å²) in [5.41, 5.74) is 7.36. The second-order valence-electron chi connectivity index (χ2n) is 4.50. The standard InChI is InChI=1S/C13H16ClN5O/c1-7(2)20-13-18-11(15)17-12(19-13)16-10-6-4-5-9(14)8(10)3/h4-7H,1-3H3,(H3,15,16,17,18,19). The summed E-state index contributed by atoms with van der Waals surface area (Å²) in [5.74, 6) is 0.413. The number of nitrogens with zero attached hydrogens (tertiary/aromatic N) is 3. The molecule has 0 saturated carbocycles. The van der Waals surface area contributed by atoms with Gasteiger partial charge in [0.15, 0.2) is 0 Å². The summed E-state index contributed by atoms with van der Waals surface area (Å²) in [7, 11) is 0. The molecule has 0 amide bonds. The van der Waals surface area contributed by atoms with Crippen LogP contribution in [0.2, 0.25) is 5.02 Å². The molecule has 0 unspecified atom stereocenters. The highest BCUT2D eigenvalue weighted by Crippen LogP contribution is 2.25. The molecular formula is C13H16ClN5O. The lowest BCUT2D eigenvalue weighted by Crippen LogP contribution is -2.12. The number of rotatable bonds is 4. The van der Waals surface area contributed by atoms with E-state index in [2.05, 4.69) is 20.3 Å². The van der Waals surface area contributed by atoms with E-state index in [0.717, 1.165) is 11.3 Å². The predicted octanol–water partition coefficient (Wildman–Crippen LogP) is 2.95. The molecule has 6 nitrogen and oxygen atoms in total. The SMILES string of the molecule is Cc1c(Cl)cccc1Nc1nc(N)nc(OC(C)C)n1. The second-order valence-corrected chi connectivity index (χ2v) is 4.91. The van der Waals surface area contributed by atoms with E-state index in [4.69, 9.17) is 22.1 Å². The molecule has 0 fully saturated rings. The fraction of sp³-hybridized carbons (Fsp3) is 0.308. The van der Waals surface area contributed by atoms with Crippen molar-refractivity contribution in [1.29, 1.82) is 0 Å². The van der Waals surface area contributed by atoms with E-state index in [1.165, 1.54) is 0 Å². The Morgan fingerprint density at radius 3 is 2.70 bits per heavy atom. The van der Waals surface area contributed by atoms with Crippen LogP contribution in [0.5, 0.6) is 6.01 Å². The van der Waals surface area contributed by atoms with Gasteiger partial charge in [-0.1, -0.05) is 17.7 Å². The number of hydrogen-bond donors (Lipinski definition) is 2. The summed E-state index contributed by atoms with van der Waals surface area (Å²) in [6.45, 7) is 5.67. The highest BCUT2D eigenvalue weighted by Gasteiger charge is 2.09. The Balaban J connectivity index is 2.29. The number of anilines is 3. The van der Waals surface area contributed by atoms with Gasteiger partial charge in [0.25, 0.3) is 0 Å². The maximum atomic E-state index is 6.07. The van der Waals surface area contributed by atoms with Crippen LogP contribution < -0.4 is 15.8 Å². The zero-order valence-corrected chi connectivity index (χ0v) is 12.3. The zero-order chi connectivity index (χ0) is 14.7. The predicted molar refractivity (Wildman–Crippen MR) is 79.5 cm³/mol. The smallest absolute Gasteiger partial charge is 0.323 e. The molecule has 2 rings (SSSR count). The van der Waals surface area contributed by atoms with Crippen LogP contribution in [0, 0.1) is 6.92 Å². The molecule has 0 atom stereocenters. The van der Waals surface area contributed by atoms with Gasteiger partial charge in [-0.25, -0.2) is 0 Å². The summed E-state index contributed by atoms with van der Waals surface area (Å²) < 4.78 is 5.42. The summed E-state index contributed by atoms with van der Waals surface area (Å²) >= 11 is 6.07. The Hall–Kier alpha value is -2.08. The molecule has 20 heavy (non-hydrogen) atoms. The van der Waals surface area contributed by atoms with Crippen molar-refractivity contribution < 1.29 is 4.74 Å². The second kappa shape index (κ2) is 5.92. The quantitative estimate of drug-likeness (QED) is 0.901. The van der Waals surface area contributed by atoms with Crippen LogP contribution >= 0.6 is 11.6 Å². The number of nitrogens with one attached hydrogen (secondary N) is 1. The molecule has 1 aromatic carbocycles. The van der Waals surface area contributed by atoms with Gasteiger partial charge < -0.3 is 15.8 Å². The van der Waals surface area contributed by atoms with Crippen molar-refractivity contribution >= 4 is 29.2 Å². The molecule has 0 bridgehead atoms. The van der Waals surface area contributed by atoms with Crippen LogP contribution in [0.25, 0.3) is 0 Å². The highest BCUT2D eigenvalue weighted by molar-refractivity contribution is 6.31. The molecule has 7 heteroatoms. The lowest BCUT2D eigenvalue weighted by Gasteiger charge is -2.11. The molecule has 0 aliphatic heterocycles. The molecule has 0 saturated heterocycles. The minimum Gasteiger partial charge on any atom is -0.461 e. The molecule has 0 aliphatic rings. The topological polar surface area (TPSA) is 86.0 Å². The van der Waals surface area contributed by atoms with Gasteiger partial charge in [-0.05, 0) is 38.5 Å². The molecule has 0 spiro atoms. The van der Waals surface area contributed by atoms with Crippen molar-refractivity contribution in [1.82, 2.24) is 15.0 Å². The monoisotopic (exact) mass is 293 g/mol. The molecule has 0 aliphatic carbocycles. The van der Waals surface area contributed by atoms with E-state index in [9.17, 15) is 0 Å². The normalized spacial score (nSPS) is 10.7. The average Bonchev–Trinajstić information content (AvgIpc) is 2.33. The average molecular weight is 294 g/mol. The van der Waals surface area contributed by atoms with Gasteiger partial charge in [-0.3, -0.25) is 0 Å². The van der Waals surface area contributed by atoms with Crippen LogP contribution in [-0.2, 0) is 0 Å². The molecule has 1 heterocycles. The van der Waals surface area contributed by atoms with Crippen molar-refractivity contribution in [3.8, 4) is 6.01 Å². The number of aromatic nitrogens is 3. The summed E-state index contributed by atoms with van der Waals surface area (Å²) in [6.07, 6.45) is -0.0439. The maximum absolute atomic E-state index is 6.07. The van der Waals surface area contributed by atoms with E-state index in [0.29, 0.717) is 11.0 Å². The maximum Gasteiger partial charge on any atom is 0.323 e. The molecular weight excluding hydrogens is 278 g/mol. The van der Waals surface area contributed by atoms with Gasteiger partial charge in [0.05, 0.1) is 6.10 Å². The molecule has 2 aromatic rings. The Labute approximate surface area is 122 Å². The number of halogens is 1. The van der Waals surface area contributed by atoms with Crippen LogP contribution in [0.4, 0.5) is 17.6 Å². The fourth-order valence-corrected chi connectivity index (χ4v) is 1.73. The van der Waals surface area contributed by atoms with E-state index < -0.39 is 0 Å². The number of nitrogens with two attached hydrogens (primary N) is 1. The minimum atomic E-state index is -0.0439. The first kappa shape index (κ1) is 14.3. The Morgan fingerprint density at radius 1 is 1.25 bits per heavy atom. The van der Waals surface area contributed by atoms with Gasteiger partial charge in [0.1, 0.15) is 0 Å².